The third-order valence-corrected chi connectivity index (χ3v) is 5.22. The van der Waals surface area contributed by atoms with E-state index in [0.29, 0.717) is 13.0 Å². The SMILES string of the molecule is CCCNC(=O)C[NH+](C)CN1C(=O)N[C@](Cc2ccccc2)(c2ccccc2)C1=O. The van der Waals surface area contributed by atoms with Crippen molar-refractivity contribution in [1.29, 1.82) is 0 Å². The van der Waals surface area contributed by atoms with Crippen molar-refractivity contribution in [1.82, 2.24) is 15.5 Å². The van der Waals surface area contributed by atoms with Gasteiger partial charge in [-0.05, 0) is 17.5 Å². The first kappa shape index (κ1) is 21.5. The molecule has 1 heterocycles. The summed E-state index contributed by atoms with van der Waals surface area (Å²) in [6.45, 7) is 2.91. The summed E-state index contributed by atoms with van der Waals surface area (Å²) in [5.41, 5.74) is 0.536. The van der Waals surface area contributed by atoms with Crippen molar-refractivity contribution in [2.45, 2.75) is 25.3 Å². The number of carbonyl (C=O) groups is 3. The Labute approximate surface area is 177 Å². The number of hydrogen-bond donors (Lipinski definition) is 3. The second kappa shape index (κ2) is 9.54. The van der Waals surface area contributed by atoms with Crippen molar-refractivity contribution >= 4 is 17.8 Å². The Balaban J connectivity index is 1.82. The van der Waals surface area contributed by atoms with Crippen LogP contribution >= 0.6 is 0 Å². The number of quaternary nitrogens is 1. The molecule has 0 aromatic heterocycles. The second-order valence-corrected chi connectivity index (χ2v) is 7.74. The Hall–Kier alpha value is -3.19. The lowest BCUT2D eigenvalue weighted by Crippen LogP contribution is -3.12. The average Bonchev–Trinajstić information content (AvgIpc) is 2.98. The topological polar surface area (TPSA) is 82.9 Å². The number of urea groups is 1. The number of hydrogen-bond acceptors (Lipinski definition) is 3. The maximum atomic E-state index is 13.6. The van der Waals surface area contributed by atoms with Crippen LogP contribution in [-0.2, 0) is 21.5 Å². The summed E-state index contributed by atoms with van der Waals surface area (Å²) in [5.74, 6) is -0.393. The van der Waals surface area contributed by atoms with Gasteiger partial charge >= 0.3 is 6.03 Å². The van der Waals surface area contributed by atoms with Crippen molar-refractivity contribution in [3.05, 3.63) is 71.8 Å². The number of benzene rings is 2. The first-order valence-electron chi connectivity index (χ1n) is 10.3. The maximum absolute atomic E-state index is 13.6. The van der Waals surface area contributed by atoms with Gasteiger partial charge in [-0.2, -0.15) is 0 Å². The van der Waals surface area contributed by atoms with Gasteiger partial charge in [0.15, 0.2) is 18.8 Å². The Bertz CT molecular complexity index is 888. The van der Waals surface area contributed by atoms with E-state index in [4.69, 9.17) is 0 Å². The van der Waals surface area contributed by atoms with Gasteiger partial charge in [0.2, 0.25) is 0 Å². The minimum absolute atomic E-state index is 0.0972. The normalized spacial score (nSPS) is 19.5. The molecule has 7 nitrogen and oxygen atoms in total. The Kier molecular flexibility index (Phi) is 6.84. The van der Waals surface area contributed by atoms with Crippen LogP contribution in [-0.4, -0.2) is 49.6 Å². The quantitative estimate of drug-likeness (QED) is 0.533. The lowest BCUT2D eigenvalue weighted by Gasteiger charge is -2.28. The van der Waals surface area contributed by atoms with E-state index in [-0.39, 0.29) is 25.0 Å². The summed E-state index contributed by atoms with van der Waals surface area (Å²) in [6.07, 6.45) is 1.21. The van der Waals surface area contributed by atoms with E-state index in [0.717, 1.165) is 22.4 Å². The van der Waals surface area contributed by atoms with Crippen LogP contribution < -0.4 is 15.5 Å². The summed E-state index contributed by atoms with van der Waals surface area (Å²) in [6, 6.07) is 18.5. The van der Waals surface area contributed by atoms with Crippen LogP contribution in [0.25, 0.3) is 0 Å². The summed E-state index contributed by atoms with van der Waals surface area (Å²) in [5, 5.41) is 5.77. The van der Waals surface area contributed by atoms with E-state index in [2.05, 4.69) is 10.6 Å². The molecule has 2 aromatic rings. The molecule has 3 N–H and O–H groups in total. The van der Waals surface area contributed by atoms with Gasteiger partial charge in [-0.15, -0.1) is 0 Å². The number of imide groups is 1. The highest BCUT2D eigenvalue weighted by Crippen LogP contribution is 2.32. The number of nitrogens with one attached hydrogen (secondary N) is 3. The Morgan fingerprint density at radius 2 is 1.70 bits per heavy atom. The van der Waals surface area contributed by atoms with E-state index in [1.165, 1.54) is 4.90 Å². The van der Waals surface area contributed by atoms with Crippen molar-refractivity contribution in [3.63, 3.8) is 0 Å². The minimum Gasteiger partial charge on any atom is -0.351 e. The fourth-order valence-electron chi connectivity index (χ4n) is 3.74. The summed E-state index contributed by atoms with van der Waals surface area (Å²) in [4.78, 5) is 40.4. The van der Waals surface area contributed by atoms with Gasteiger partial charge in [0.25, 0.3) is 11.8 Å². The predicted octanol–water partition coefficient (Wildman–Crippen LogP) is 0.675. The fourth-order valence-corrected chi connectivity index (χ4v) is 3.74. The van der Waals surface area contributed by atoms with Crippen LogP contribution in [0.1, 0.15) is 24.5 Å². The summed E-state index contributed by atoms with van der Waals surface area (Å²) in [7, 11) is 1.80. The van der Waals surface area contributed by atoms with Crippen molar-refractivity contribution in [2.24, 2.45) is 0 Å². The molecule has 0 spiro atoms. The lowest BCUT2D eigenvalue weighted by atomic mass is 9.83. The Morgan fingerprint density at radius 1 is 1.07 bits per heavy atom. The molecule has 0 radical (unpaired) electrons. The van der Waals surface area contributed by atoms with Gasteiger partial charge in [-0.25, -0.2) is 9.69 Å². The number of nitrogens with zero attached hydrogens (tertiary/aromatic N) is 1. The van der Waals surface area contributed by atoms with E-state index < -0.39 is 11.6 Å². The second-order valence-electron chi connectivity index (χ2n) is 7.74. The van der Waals surface area contributed by atoms with Gasteiger partial charge in [-0.3, -0.25) is 9.59 Å². The summed E-state index contributed by atoms with van der Waals surface area (Å²) >= 11 is 0. The van der Waals surface area contributed by atoms with E-state index in [1.807, 2.05) is 67.6 Å². The first-order valence-corrected chi connectivity index (χ1v) is 10.3. The van der Waals surface area contributed by atoms with Crippen molar-refractivity contribution in [2.75, 3.05) is 26.8 Å². The van der Waals surface area contributed by atoms with Gasteiger partial charge in [0.1, 0.15) is 0 Å². The molecule has 158 valence electrons. The molecular weight excluding hydrogens is 380 g/mol. The first-order chi connectivity index (χ1) is 14.5. The van der Waals surface area contributed by atoms with E-state index >= 15 is 0 Å². The van der Waals surface area contributed by atoms with E-state index in [9.17, 15) is 14.4 Å². The van der Waals surface area contributed by atoms with Crippen molar-refractivity contribution < 1.29 is 19.3 Å². The molecule has 1 fully saturated rings. The smallest absolute Gasteiger partial charge is 0.329 e. The largest absolute Gasteiger partial charge is 0.351 e. The van der Waals surface area contributed by atoms with Crippen LogP contribution in [0.15, 0.2) is 60.7 Å². The molecule has 0 aliphatic carbocycles. The van der Waals surface area contributed by atoms with Gasteiger partial charge in [-0.1, -0.05) is 67.6 Å². The Morgan fingerprint density at radius 3 is 2.33 bits per heavy atom. The number of amides is 4. The highest BCUT2D eigenvalue weighted by molar-refractivity contribution is 6.07. The monoisotopic (exact) mass is 409 g/mol. The number of rotatable bonds is 9. The maximum Gasteiger partial charge on any atom is 0.329 e. The fraction of sp³-hybridized carbons (Fsp3) is 0.348. The standard InChI is InChI=1S/C23H28N4O3/c1-3-14-24-20(28)16-26(2)17-27-21(29)23(25-22(27)30,19-12-8-5-9-13-19)15-18-10-6-4-7-11-18/h4-13H,3,14-17H2,1-2H3,(H,24,28)(H,25,30)/p+1/t23-/m1/s1. The molecule has 3 rings (SSSR count). The van der Waals surface area contributed by atoms with Gasteiger partial charge in [0.05, 0.1) is 7.05 Å². The van der Waals surface area contributed by atoms with Gasteiger partial charge in [0, 0.05) is 13.0 Å². The molecule has 30 heavy (non-hydrogen) atoms. The zero-order valence-electron chi connectivity index (χ0n) is 17.5. The van der Waals surface area contributed by atoms with E-state index in [1.54, 1.807) is 7.05 Å². The number of likely N-dealkylation sites (N-methyl/N-ethyl adjacent to an activating group) is 1. The van der Waals surface area contributed by atoms with Crippen LogP contribution in [0.4, 0.5) is 4.79 Å². The molecule has 1 aliphatic heterocycles. The van der Waals surface area contributed by atoms with Crippen LogP contribution in [0.2, 0.25) is 0 Å². The number of carbonyl (C=O) groups excluding carboxylic acids is 3. The minimum atomic E-state index is -1.16. The molecule has 2 atom stereocenters. The molecule has 1 unspecified atom stereocenters. The van der Waals surface area contributed by atoms with Crippen LogP contribution in [0.5, 0.6) is 0 Å². The third-order valence-electron chi connectivity index (χ3n) is 5.22. The average molecular weight is 410 g/mol. The molecule has 1 aliphatic rings. The molecule has 0 bridgehead atoms. The van der Waals surface area contributed by atoms with Gasteiger partial charge < -0.3 is 15.5 Å². The zero-order chi connectivity index (χ0) is 21.6. The molecule has 0 saturated carbocycles. The van der Waals surface area contributed by atoms with Crippen LogP contribution in [0, 0.1) is 0 Å². The third kappa shape index (κ3) is 4.68. The van der Waals surface area contributed by atoms with Crippen LogP contribution in [0.3, 0.4) is 0 Å². The predicted molar refractivity (Wildman–Crippen MR) is 114 cm³/mol. The molecule has 1 saturated heterocycles. The molecule has 7 heteroatoms. The highest BCUT2D eigenvalue weighted by Gasteiger charge is 2.53. The van der Waals surface area contributed by atoms with Crippen molar-refractivity contribution in [3.8, 4) is 0 Å². The zero-order valence-corrected chi connectivity index (χ0v) is 17.5. The lowest BCUT2D eigenvalue weighted by molar-refractivity contribution is -0.879. The molecular formula is C23H29N4O3+. The molecule has 4 amide bonds. The summed E-state index contributed by atoms with van der Waals surface area (Å²) < 4.78 is 0. The highest BCUT2D eigenvalue weighted by atomic mass is 16.2. The molecule has 2 aromatic carbocycles.